The van der Waals surface area contributed by atoms with Gasteiger partial charge in [0.15, 0.2) is 0 Å². The average Bonchev–Trinajstić information content (AvgIpc) is 3.11. The molecule has 1 N–H and O–H groups in total. The van der Waals surface area contributed by atoms with Crippen molar-refractivity contribution >= 4 is 5.91 Å². The average molecular weight is 266 g/mol. The van der Waals surface area contributed by atoms with Crippen LogP contribution in [0.25, 0.3) is 0 Å². The fourth-order valence-electron chi connectivity index (χ4n) is 3.41. The van der Waals surface area contributed by atoms with Crippen LogP contribution in [0.2, 0.25) is 0 Å². The van der Waals surface area contributed by atoms with Crippen LogP contribution in [0, 0.1) is 11.8 Å². The normalized spacial score (nSPS) is 30.6. The zero-order chi connectivity index (χ0) is 13.5. The zero-order valence-corrected chi connectivity index (χ0v) is 12.2. The number of carbonyl (C=O) groups excluding carboxylic acids is 1. The molecule has 0 aromatic heterocycles. The van der Waals surface area contributed by atoms with Crippen LogP contribution >= 0.6 is 0 Å². The van der Waals surface area contributed by atoms with E-state index in [4.69, 9.17) is 4.74 Å². The Balaban J connectivity index is 1.66. The van der Waals surface area contributed by atoms with Crippen molar-refractivity contribution in [1.29, 1.82) is 0 Å². The highest BCUT2D eigenvalue weighted by atomic mass is 16.5. The second-order valence-corrected chi connectivity index (χ2v) is 6.89. The molecule has 0 aromatic carbocycles. The van der Waals surface area contributed by atoms with Gasteiger partial charge in [0.1, 0.15) is 0 Å². The number of hydrogen-bond acceptors (Lipinski definition) is 3. The zero-order valence-electron chi connectivity index (χ0n) is 12.2. The van der Waals surface area contributed by atoms with Gasteiger partial charge < -0.3 is 9.64 Å². The molecule has 4 nitrogen and oxygen atoms in total. The van der Waals surface area contributed by atoms with Gasteiger partial charge in [0.2, 0.25) is 5.91 Å². The molecule has 0 radical (unpaired) electrons. The molecule has 1 amide bonds. The van der Waals surface area contributed by atoms with E-state index in [0.29, 0.717) is 17.7 Å². The van der Waals surface area contributed by atoms with Gasteiger partial charge in [-0.2, -0.15) is 0 Å². The monoisotopic (exact) mass is 266 g/mol. The molecular weight excluding hydrogens is 240 g/mol. The predicted octanol–water partition coefficient (Wildman–Crippen LogP) is 1.75. The van der Waals surface area contributed by atoms with Gasteiger partial charge in [0.25, 0.3) is 0 Å². The van der Waals surface area contributed by atoms with Gasteiger partial charge >= 0.3 is 0 Å². The van der Waals surface area contributed by atoms with Gasteiger partial charge in [-0.15, -0.1) is 0 Å². The van der Waals surface area contributed by atoms with Crippen molar-refractivity contribution in [3.63, 3.8) is 0 Å². The Morgan fingerprint density at radius 2 is 2.05 bits per heavy atom. The summed E-state index contributed by atoms with van der Waals surface area (Å²) in [5.41, 5.74) is -0.162. The van der Waals surface area contributed by atoms with Crippen molar-refractivity contribution in [3.05, 3.63) is 0 Å². The van der Waals surface area contributed by atoms with Crippen LogP contribution in [0.5, 0.6) is 0 Å². The third-order valence-corrected chi connectivity index (χ3v) is 4.73. The van der Waals surface area contributed by atoms with Crippen LogP contribution in [0.15, 0.2) is 0 Å². The van der Waals surface area contributed by atoms with Crippen LogP contribution in [-0.4, -0.2) is 42.3 Å². The SMILES string of the molecule is CC(C)CC1NC2(CC2)C(=O)N1CC1CCOCC1. The van der Waals surface area contributed by atoms with Gasteiger partial charge in [0.05, 0.1) is 11.7 Å². The maximum atomic E-state index is 12.6. The fraction of sp³-hybridized carbons (Fsp3) is 0.933. The molecule has 1 atom stereocenters. The third-order valence-electron chi connectivity index (χ3n) is 4.73. The molecule has 1 saturated carbocycles. The first-order valence-electron chi connectivity index (χ1n) is 7.77. The van der Waals surface area contributed by atoms with Gasteiger partial charge in [-0.25, -0.2) is 0 Å². The molecule has 1 aliphatic carbocycles. The second-order valence-electron chi connectivity index (χ2n) is 6.89. The molecule has 1 spiro atoms. The molecule has 2 aliphatic heterocycles. The van der Waals surface area contributed by atoms with Crippen LogP contribution in [0.3, 0.4) is 0 Å². The van der Waals surface area contributed by atoms with Gasteiger partial charge in [-0.3, -0.25) is 10.1 Å². The molecule has 4 heteroatoms. The summed E-state index contributed by atoms with van der Waals surface area (Å²) in [6.45, 7) is 7.11. The molecule has 2 saturated heterocycles. The number of hydrogen-bond donors (Lipinski definition) is 1. The molecule has 19 heavy (non-hydrogen) atoms. The summed E-state index contributed by atoms with van der Waals surface area (Å²) < 4.78 is 5.42. The summed E-state index contributed by atoms with van der Waals surface area (Å²) in [5, 5.41) is 3.61. The third kappa shape index (κ3) is 2.65. The maximum Gasteiger partial charge on any atom is 0.244 e. The van der Waals surface area contributed by atoms with Crippen molar-refractivity contribution in [3.8, 4) is 0 Å². The Labute approximate surface area is 115 Å². The Morgan fingerprint density at radius 1 is 1.37 bits per heavy atom. The lowest BCUT2D eigenvalue weighted by Gasteiger charge is -2.31. The van der Waals surface area contributed by atoms with Gasteiger partial charge in [-0.05, 0) is 43.9 Å². The molecule has 2 heterocycles. The van der Waals surface area contributed by atoms with Crippen LogP contribution in [0.1, 0.15) is 46.0 Å². The molecule has 3 fully saturated rings. The molecule has 3 aliphatic rings. The van der Waals surface area contributed by atoms with Crippen LogP contribution in [-0.2, 0) is 9.53 Å². The largest absolute Gasteiger partial charge is 0.381 e. The summed E-state index contributed by atoms with van der Waals surface area (Å²) in [7, 11) is 0. The van der Waals surface area contributed by atoms with Crippen LogP contribution < -0.4 is 5.32 Å². The predicted molar refractivity (Wildman–Crippen MR) is 73.6 cm³/mol. The van der Waals surface area contributed by atoms with E-state index in [1.165, 1.54) is 0 Å². The molecule has 108 valence electrons. The molecule has 0 bridgehead atoms. The van der Waals surface area contributed by atoms with Crippen molar-refractivity contribution in [2.24, 2.45) is 11.8 Å². The number of carbonyl (C=O) groups is 1. The highest BCUT2D eigenvalue weighted by Crippen LogP contribution is 2.43. The van der Waals surface area contributed by atoms with Gasteiger partial charge in [0, 0.05) is 19.8 Å². The first kappa shape index (κ1) is 13.4. The Hall–Kier alpha value is -0.610. The van der Waals surface area contributed by atoms with E-state index >= 15 is 0 Å². The van der Waals surface area contributed by atoms with Crippen molar-refractivity contribution in [2.75, 3.05) is 19.8 Å². The minimum atomic E-state index is -0.162. The maximum absolute atomic E-state index is 12.6. The molecular formula is C15H26N2O2. The summed E-state index contributed by atoms with van der Waals surface area (Å²) >= 11 is 0. The van der Waals surface area contributed by atoms with E-state index in [1.807, 2.05) is 0 Å². The highest BCUT2D eigenvalue weighted by molar-refractivity contribution is 5.91. The van der Waals surface area contributed by atoms with Crippen molar-refractivity contribution in [2.45, 2.75) is 57.7 Å². The quantitative estimate of drug-likeness (QED) is 0.843. The van der Waals surface area contributed by atoms with E-state index < -0.39 is 0 Å². The Kier molecular flexibility index (Phi) is 3.56. The number of nitrogens with one attached hydrogen (secondary N) is 1. The van der Waals surface area contributed by atoms with E-state index in [0.717, 1.165) is 51.9 Å². The number of amides is 1. The molecule has 3 rings (SSSR count). The topological polar surface area (TPSA) is 41.6 Å². The van der Waals surface area contributed by atoms with Crippen molar-refractivity contribution in [1.82, 2.24) is 10.2 Å². The molecule has 1 unspecified atom stereocenters. The van der Waals surface area contributed by atoms with E-state index in [1.54, 1.807) is 0 Å². The second kappa shape index (κ2) is 5.06. The highest BCUT2D eigenvalue weighted by Gasteiger charge is 2.59. The summed E-state index contributed by atoms with van der Waals surface area (Å²) in [6.07, 6.45) is 5.60. The lowest BCUT2D eigenvalue weighted by molar-refractivity contribution is -0.132. The smallest absolute Gasteiger partial charge is 0.244 e. The number of nitrogens with zero attached hydrogens (tertiary/aromatic N) is 1. The number of ether oxygens (including phenoxy) is 1. The fourth-order valence-corrected chi connectivity index (χ4v) is 3.41. The van der Waals surface area contributed by atoms with E-state index in [9.17, 15) is 4.79 Å². The lowest BCUT2D eigenvalue weighted by atomic mass is 9.99. The number of rotatable bonds is 4. The Bertz CT molecular complexity index is 346. The lowest BCUT2D eigenvalue weighted by Crippen LogP contribution is -2.42. The first-order chi connectivity index (χ1) is 9.11. The minimum Gasteiger partial charge on any atom is -0.381 e. The van der Waals surface area contributed by atoms with E-state index in [-0.39, 0.29) is 11.7 Å². The Morgan fingerprint density at radius 3 is 2.63 bits per heavy atom. The van der Waals surface area contributed by atoms with Gasteiger partial charge in [-0.1, -0.05) is 13.8 Å². The van der Waals surface area contributed by atoms with Crippen LogP contribution in [0.4, 0.5) is 0 Å². The first-order valence-corrected chi connectivity index (χ1v) is 7.77. The summed E-state index contributed by atoms with van der Waals surface area (Å²) in [6, 6.07) is 0. The summed E-state index contributed by atoms with van der Waals surface area (Å²) in [4.78, 5) is 14.7. The minimum absolute atomic E-state index is 0.162. The summed E-state index contributed by atoms with van der Waals surface area (Å²) in [5.74, 6) is 1.61. The standard InChI is InChI=1S/C15H26N2O2/c1-11(2)9-13-16-15(5-6-15)14(18)17(13)10-12-3-7-19-8-4-12/h11-13,16H,3-10H2,1-2H3. The van der Waals surface area contributed by atoms with E-state index in [2.05, 4.69) is 24.1 Å². The van der Waals surface area contributed by atoms with Crippen molar-refractivity contribution < 1.29 is 9.53 Å². The molecule has 0 aromatic rings.